The van der Waals surface area contributed by atoms with Gasteiger partial charge in [0.05, 0.1) is 6.54 Å². The number of benzene rings is 1. The van der Waals surface area contributed by atoms with E-state index in [4.69, 9.17) is 10.5 Å². The van der Waals surface area contributed by atoms with Crippen LogP contribution in [-0.2, 0) is 0 Å². The zero-order valence-corrected chi connectivity index (χ0v) is 15.9. The minimum atomic E-state index is -0.746. The van der Waals surface area contributed by atoms with E-state index in [2.05, 4.69) is 10.3 Å². The summed E-state index contributed by atoms with van der Waals surface area (Å²) in [5.74, 6) is -0.948. The molecule has 0 amide bonds. The molecule has 1 aromatic rings. The van der Waals surface area contributed by atoms with Gasteiger partial charge in [-0.3, -0.25) is 0 Å². The first-order valence-corrected chi connectivity index (χ1v) is 6.70. The summed E-state index contributed by atoms with van der Waals surface area (Å²) in [6.45, 7) is 9.68. The Labute approximate surface area is 147 Å². The van der Waals surface area contributed by atoms with E-state index in [9.17, 15) is 8.78 Å². The van der Waals surface area contributed by atoms with Crippen molar-refractivity contribution in [3.8, 4) is 5.75 Å². The van der Waals surface area contributed by atoms with Crippen LogP contribution in [0.3, 0.4) is 0 Å². The van der Waals surface area contributed by atoms with Crippen molar-refractivity contribution in [2.45, 2.75) is 45.8 Å². The highest BCUT2D eigenvalue weighted by Crippen LogP contribution is 2.21. The standard InChI is InChI=1S/C15H23F2N3O.HI/c1-14(2,3)20-13(18)19-9-15(4,5)21-12-7-10(16)6-11(17)8-12;/h6-8H,9H2,1-5H3,(H3,18,19,20);1H. The van der Waals surface area contributed by atoms with E-state index < -0.39 is 17.2 Å². The van der Waals surface area contributed by atoms with E-state index in [1.165, 1.54) is 0 Å². The van der Waals surface area contributed by atoms with Crippen LogP contribution in [0.2, 0.25) is 0 Å². The molecule has 1 aromatic carbocycles. The van der Waals surface area contributed by atoms with Gasteiger partial charge in [-0.1, -0.05) is 0 Å². The van der Waals surface area contributed by atoms with Crippen molar-refractivity contribution in [3.63, 3.8) is 0 Å². The zero-order valence-electron chi connectivity index (χ0n) is 13.5. The fraction of sp³-hybridized carbons (Fsp3) is 0.533. The van der Waals surface area contributed by atoms with Gasteiger partial charge in [0.25, 0.3) is 0 Å². The van der Waals surface area contributed by atoms with Gasteiger partial charge in [0, 0.05) is 23.7 Å². The average molecular weight is 427 g/mol. The van der Waals surface area contributed by atoms with E-state index in [1.54, 1.807) is 13.8 Å². The number of guanidine groups is 1. The van der Waals surface area contributed by atoms with Crippen LogP contribution in [-0.4, -0.2) is 23.6 Å². The molecular formula is C15H24F2IN3O. The second-order valence-electron chi connectivity index (χ2n) is 6.54. The summed E-state index contributed by atoms with van der Waals surface area (Å²) in [7, 11) is 0. The predicted molar refractivity (Wildman–Crippen MR) is 95.9 cm³/mol. The summed E-state index contributed by atoms with van der Waals surface area (Å²) in [6, 6.07) is 3.06. The first-order chi connectivity index (χ1) is 9.47. The number of rotatable bonds is 4. The van der Waals surface area contributed by atoms with Gasteiger partial charge in [0.2, 0.25) is 0 Å². The Balaban J connectivity index is 0.00000441. The maximum atomic E-state index is 13.1. The van der Waals surface area contributed by atoms with Crippen molar-refractivity contribution in [2.75, 3.05) is 6.54 Å². The molecule has 0 fully saturated rings. The van der Waals surface area contributed by atoms with Gasteiger partial charge in [0.15, 0.2) is 5.96 Å². The summed E-state index contributed by atoms with van der Waals surface area (Å²) in [6.07, 6.45) is 0. The van der Waals surface area contributed by atoms with Crippen LogP contribution >= 0.6 is 24.0 Å². The van der Waals surface area contributed by atoms with Gasteiger partial charge in [-0.05, 0) is 34.6 Å². The lowest BCUT2D eigenvalue weighted by atomic mass is 10.1. The van der Waals surface area contributed by atoms with Gasteiger partial charge in [-0.15, -0.1) is 24.0 Å². The minimum Gasteiger partial charge on any atom is -0.486 e. The lowest BCUT2D eigenvalue weighted by Crippen LogP contribution is -2.46. The SMILES string of the molecule is CC(C)(C)NC(N)=NCC(C)(C)Oc1cc(F)cc(F)c1.I. The number of nitrogens with two attached hydrogens (primary N) is 1. The number of nitrogens with zero attached hydrogens (tertiary/aromatic N) is 1. The lowest BCUT2D eigenvalue weighted by molar-refractivity contribution is 0.118. The molecule has 1 rings (SSSR count). The molecule has 0 saturated heterocycles. The Morgan fingerprint density at radius 1 is 1.14 bits per heavy atom. The van der Waals surface area contributed by atoms with Crippen molar-refractivity contribution in [1.82, 2.24) is 5.32 Å². The van der Waals surface area contributed by atoms with Crippen LogP contribution in [0.25, 0.3) is 0 Å². The smallest absolute Gasteiger partial charge is 0.189 e. The van der Waals surface area contributed by atoms with Crippen LogP contribution in [0.5, 0.6) is 5.75 Å². The molecular weight excluding hydrogens is 403 g/mol. The molecule has 126 valence electrons. The summed E-state index contributed by atoms with van der Waals surface area (Å²) in [5, 5.41) is 3.03. The summed E-state index contributed by atoms with van der Waals surface area (Å²) in [5.41, 5.74) is 4.84. The maximum Gasteiger partial charge on any atom is 0.189 e. The quantitative estimate of drug-likeness (QED) is 0.440. The third kappa shape index (κ3) is 8.35. The third-order valence-electron chi connectivity index (χ3n) is 2.36. The number of aliphatic imine (C=N–C) groups is 1. The Kier molecular flexibility index (Phi) is 7.53. The van der Waals surface area contributed by atoms with Crippen molar-refractivity contribution in [2.24, 2.45) is 10.7 Å². The Morgan fingerprint density at radius 2 is 1.64 bits per heavy atom. The highest BCUT2D eigenvalue weighted by atomic mass is 127. The van der Waals surface area contributed by atoms with E-state index in [0.29, 0.717) is 5.96 Å². The fourth-order valence-corrected chi connectivity index (χ4v) is 1.64. The van der Waals surface area contributed by atoms with Crippen LogP contribution < -0.4 is 15.8 Å². The number of ether oxygens (including phenoxy) is 1. The lowest BCUT2D eigenvalue weighted by Gasteiger charge is -2.26. The second-order valence-corrected chi connectivity index (χ2v) is 6.54. The molecule has 7 heteroatoms. The molecule has 0 aliphatic carbocycles. The Morgan fingerprint density at radius 3 is 2.09 bits per heavy atom. The number of hydrogen-bond donors (Lipinski definition) is 2. The molecule has 0 saturated carbocycles. The third-order valence-corrected chi connectivity index (χ3v) is 2.36. The topological polar surface area (TPSA) is 59.6 Å². The van der Waals surface area contributed by atoms with Crippen LogP contribution in [0.15, 0.2) is 23.2 Å². The van der Waals surface area contributed by atoms with Gasteiger partial charge >= 0.3 is 0 Å². The molecule has 0 aliphatic heterocycles. The second kappa shape index (κ2) is 7.94. The minimum absolute atomic E-state index is 0. The van der Waals surface area contributed by atoms with Gasteiger partial charge in [-0.25, -0.2) is 13.8 Å². The van der Waals surface area contributed by atoms with Crippen molar-refractivity contribution in [1.29, 1.82) is 0 Å². The molecule has 0 spiro atoms. The van der Waals surface area contributed by atoms with Crippen LogP contribution in [0, 0.1) is 11.6 Å². The molecule has 0 unspecified atom stereocenters. The van der Waals surface area contributed by atoms with Gasteiger partial charge in [0.1, 0.15) is 23.0 Å². The van der Waals surface area contributed by atoms with Crippen molar-refractivity contribution < 1.29 is 13.5 Å². The molecule has 0 bridgehead atoms. The molecule has 4 nitrogen and oxygen atoms in total. The van der Waals surface area contributed by atoms with Gasteiger partial charge in [-0.2, -0.15) is 0 Å². The van der Waals surface area contributed by atoms with Crippen molar-refractivity contribution >= 4 is 29.9 Å². The Hall–Kier alpha value is -1.12. The monoisotopic (exact) mass is 427 g/mol. The predicted octanol–water partition coefficient (Wildman–Crippen LogP) is 3.44. The summed E-state index contributed by atoms with van der Waals surface area (Å²) >= 11 is 0. The first-order valence-electron chi connectivity index (χ1n) is 6.70. The zero-order chi connectivity index (χ0) is 16.3. The largest absolute Gasteiger partial charge is 0.486 e. The molecule has 3 N–H and O–H groups in total. The van der Waals surface area contributed by atoms with E-state index in [0.717, 1.165) is 18.2 Å². The highest BCUT2D eigenvalue weighted by Gasteiger charge is 2.21. The maximum absolute atomic E-state index is 13.1. The molecule has 0 heterocycles. The van der Waals surface area contributed by atoms with Gasteiger partial charge < -0.3 is 15.8 Å². The molecule has 0 aliphatic rings. The average Bonchev–Trinajstić information content (AvgIpc) is 2.22. The molecule has 0 atom stereocenters. The van der Waals surface area contributed by atoms with E-state index >= 15 is 0 Å². The number of halogens is 3. The van der Waals surface area contributed by atoms with E-state index in [-0.39, 0.29) is 41.8 Å². The molecule has 0 radical (unpaired) electrons. The van der Waals surface area contributed by atoms with Crippen LogP contribution in [0.1, 0.15) is 34.6 Å². The molecule has 0 aromatic heterocycles. The number of hydrogen-bond acceptors (Lipinski definition) is 2. The Bertz CT molecular complexity index is 508. The highest BCUT2D eigenvalue weighted by molar-refractivity contribution is 14.0. The van der Waals surface area contributed by atoms with E-state index in [1.807, 2.05) is 20.8 Å². The summed E-state index contributed by atoms with van der Waals surface area (Å²) < 4.78 is 31.8. The van der Waals surface area contributed by atoms with Crippen molar-refractivity contribution in [3.05, 3.63) is 29.8 Å². The normalized spacial score (nSPS) is 12.6. The molecule has 22 heavy (non-hydrogen) atoms. The van der Waals surface area contributed by atoms with Crippen LogP contribution in [0.4, 0.5) is 8.78 Å². The fourth-order valence-electron chi connectivity index (χ4n) is 1.64. The summed E-state index contributed by atoms with van der Waals surface area (Å²) in [4.78, 5) is 4.19. The first kappa shape index (κ1) is 20.9. The number of nitrogens with one attached hydrogen (secondary N) is 1.